The molecule has 94 valence electrons. The summed E-state index contributed by atoms with van der Waals surface area (Å²) in [5.74, 6) is 1.13. The Balaban J connectivity index is 2.27. The van der Waals surface area contributed by atoms with Gasteiger partial charge in [-0.3, -0.25) is 0 Å². The fourth-order valence-corrected chi connectivity index (χ4v) is 3.25. The summed E-state index contributed by atoms with van der Waals surface area (Å²) in [6.45, 7) is 2.25. The van der Waals surface area contributed by atoms with Crippen molar-refractivity contribution in [3.8, 4) is 0 Å². The lowest BCUT2D eigenvalue weighted by Crippen LogP contribution is -2.34. The maximum Gasteiger partial charge on any atom is 0.0442 e. The third-order valence-electron chi connectivity index (χ3n) is 3.95. The summed E-state index contributed by atoms with van der Waals surface area (Å²) in [6, 6.07) is 5.90. The van der Waals surface area contributed by atoms with Crippen LogP contribution >= 0.6 is 23.2 Å². The summed E-state index contributed by atoms with van der Waals surface area (Å²) in [5, 5.41) is 1.54. The molecule has 0 saturated heterocycles. The molecule has 0 amide bonds. The van der Waals surface area contributed by atoms with E-state index in [4.69, 9.17) is 28.9 Å². The van der Waals surface area contributed by atoms with Crippen molar-refractivity contribution in [3.63, 3.8) is 0 Å². The highest BCUT2D eigenvalue weighted by atomic mass is 35.5. The smallest absolute Gasteiger partial charge is 0.0442 e. The Labute approximate surface area is 113 Å². The van der Waals surface area contributed by atoms with Gasteiger partial charge in [-0.25, -0.2) is 0 Å². The average molecular weight is 272 g/mol. The molecule has 1 fully saturated rings. The predicted molar refractivity (Wildman–Crippen MR) is 74.8 cm³/mol. The van der Waals surface area contributed by atoms with Gasteiger partial charge in [-0.2, -0.15) is 0 Å². The zero-order valence-electron chi connectivity index (χ0n) is 10.1. The lowest BCUT2D eigenvalue weighted by molar-refractivity contribution is 0.282. The summed E-state index contributed by atoms with van der Waals surface area (Å²) in [4.78, 5) is 0. The third-order valence-corrected chi connectivity index (χ3v) is 4.53. The maximum atomic E-state index is 6.27. The molecule has 17 heavy (non-hydrogen) atoms. The number of halogens is 2. The summed E-state index contributed by atoms with van der Waals surface area (Å²) < 4.78 is 0. The predicted octanol–water partition coefficient (Wildman–Crippen LogP) is 4.61. The fraction of sp³-hybridized carbons (Fsp3) is 0.571. The van der Waals surface area contributed by atoms with E-state index in [0.29, 0.717) is 5.92 Å². The molecule has 0 spiro atoms. The van der Waals surface area contributed by atoms with Crippen LogP contribution < -0.4 is 5.73 Å². The second kappa shape index (κ2) is 5.60. The van der Waals surface area contributed by atoms with E-state index in [1.54, 1.807) is 0 Å². The van der Waals surface area contributed by atoms with Crippen molar-refractivity contribution in [3.05, 3.63) is 33.8 Å². The van der Waals surface area contributed by atoms with Crippen LogP contribution in [0.15, 0.2) is 18.2 Å². The minimum atomic E-state index is 0.216. The van der Waals surface area contributed by atoms with E-state index in [9.17, 15) is 0 Å². The van der Waals surface area contributed by atoms with Crippen LogP contribution in [-0.4, -0.2) is 6.04 Å². The molecule has 2 N–H and O–H groups in total. The minimum Gasteiger partial charge on any atom is -0.327 e. The van der Waals surface area contributed by atoms with Gasteiger partial charge in [-0.1, -0.05) is 36.5 Å². The first-order valence-corrected chi connectivity index (χ1v) is 7.08. The van der Waals surface area contributed by atoms with Crippen LogP contribution in [0.5, 0.6) is 0 Å². The first kappa shape index (κ1) is 13.2. The molecule has 3 heteroatoms. The molecule has 0 aliphatic heterocycles. The average Bonchev–Trinajstić information content (AvgIpc) is 2.33. The monoisotopic (exact) mass is 271 g/mol. The Bertz CT molecular complexity index is 392. The van der Waals surface area contributed by atoms with Crippen LogP contribution in [0, 0.1) is 5.92 Å². The van der Waals surface area contributed by atoms with Gasteiger partial charge in [0.25, 0.3) is 0 Å². The molecule has 0 bridgehead atoms. The van der Waals surface area contributed by atoms with Gasteiger partial charge >= 0.3 is 0 Å². The molecule has 0 aromatic heterocycles. The van der Waals surface area contributed by atoms with Crippen LogP contribution in [-0.2, 0) is 0 Å². The van der Waals surface area contributed by atoms with Gasteiger partial charge in [0.15, 0.2) is 0 Å². The van der Waals surface area contributed by atoms with Gasteiger partial charge in [-0.15, -0.1) is 0 Å². The van der Waals surface area contributed by atoms with E-state index in [-0.39, 0.29) is 6.04 Å². The molecule has 3 atom stereocenters. The molecule has 3 unspecified atom stereocenters. The number of benzene rings is 1. The standard InChI is InChI=1S/C14H19Cl2N/c1-2-9-3-6-14(17)12(7-9)11-8-10(15)4-5-13(11)16/h4-5,8-9,12,14H,2-3,6-7,17H2,1H3. The van der Waals surface area contributed by atoms with E-state index in [0.717, 1.165) is 34.4 Å². The van der Waals surface area contributed by atoms with Gasteiger partial charge in [-0.05, 0) is 48.9 Å². The molecule has 1 aliphatic rings. The van der Waals surface area contributed by atoms with Crippen molar-refractivity contribution in [2.45, 2.75) is 44.6 Å². The van der Waals surface area contributed by atoms with Gasteiger partial charge in [0.2, 0.25) is 0 Å². The Hall–Kier alpha value is -0.240. The largest absolute Gasteiger partial charge is 0.327 e. The van der Waals surface area contributed by atoms with Crippen LogP contribution in [0.1, 0.15) is 44.1 Å². The van der Waals surface area contributed by atoms with Crippen molar-refractivity contribution in [1.29, 1.82) is 0 Å². The first-order valence-electron chi connectivity index (χ1n) is 6.32. The molecule has 2 rings (SSSR count). The highest BCUT2D eigenvalue weighted by Crippen LogP contribution is 2.40. The topological polar surface area (TPSA) is 26.0 Å². The quantitative estimate of drug-likeness (QED) is 0.835. The lowest BCUT2D eigenvalue weighted by Gasteiger charge is -2.34. The molecule has 1 aromatic carbocycles. The summed E-state index contributed by atoms with van der Waals surface area (Å²) in [7, 11) is 0. The van der Waals surface area contributed by atoms with Gasteiger partial charge in [0.1, 0.15) is 0 Å². The normalized spacial score (nSPS) is 29.3. The lowest BCUT2D eigenvalue weighted by atomic mass is 9.74. The molecule has 0 heterocycles. The fourth-order valence-electron chi connectivity index (χ4n) is 2.81. The minimum absolute atomic E-state index is 0.216. The van der Waals surface area contributed by atoms with Crippen molar-refractivity contribution < 1.29 is 0 Å². The van der Waals surface area contributed by atoms with E-state index in [2.05, 4.69) is 6.92 Å². The van der Waals surface area contributed by atoms with Crippen molar-refractivity contribution in [2.24, 2.45) is 11.7 Å². The van der Waals surface area contributed by atoms with Crippen molar-refractivity contribution in [2.75, 3.05) is 0 Å². The Morgan fingerprint density at radius 3 is 2.76 bits per heavy atom. The Morgan fingerprint density at radius 2 is 2.06 bits per heavy atom. The van der Waals surface area contributed by atoms with Gasteiger partial charge < -0.3 is 5.73 Å². The third kappa shape index (κ3) is 2.96. The molecule has 1 saturated carbocycles. The van der Waals surface area contributed by atoms with Crippen molar-refractivity contribution >= 4 is 23.2 Å². The van der Waals surface area contributed by atoms with E-state index in [1.165, 1.54) is 12.8 Å². The highest BCUT2D eigenvalue weighted by Gasteiger charge is 2.29. The van der Waals surface area contributed by atoms with E-state index >= 15 is 0 Å². The van der Waals surface area contributed by atoms with Crippen LogP contribution in [0.4, 0.5) is 0 Å². The molecule has 1 aliphatic carbocycles. The summed E-state index contributed by atoms with van der Waals surface area (Å²) in [6.07, 6.45) is 4.69. The first-order chi connectivity index (χ1) is 8.11. The van der Waals surface area contributed by atoms with Gasteiger partial charge in [0, 0.05) is 22.0 Å². The van der Waals surface area contributed by atoms with Gasteiger partial charge in [0.05, 0.1) is 0 Å². The highest BCUT2D eigenvalue weighted by molar-refractivity contribution is 6.33. The summed E-state index contributed by atoms with van der Waals surface area (Å²) >= 11 is 12.3. The molecule has 1 nitrogen and oxygen atoms in total. The molecular formula is C14H19Cl2N. The van der Waals surface area contributed by atoms with Crippen molar-refractivity contribution in [1.82, 2.24) is 0 Å². The van der Waals surface area contributed by atoms with Crippen LogP contribution in [0.3, 0.4) is 0 Å². The Morgan fingerprint density at radius 1 is 1.29 bits per heavy atom. The SMILES string of the molecule is CCC1CCC(N)C(c2cc(Cl)ccc2Cl)C1. The number of hydrogen-bond donors (Lipinski definition) is 1. The van der Waals surface area contributed by atoms with E-state index < -0.39 is 0 Å². The number of hydrogen-bond acceptors (Lipinski definition) is 1. The zero-order valence-corrected chi connectivity index (χ0v) is 11.6. The van der Waals surface area contributed by atoms with E-state index in [1.807, 2.05) is 18.2 Å². The number of rotatable bonds is 2. The maximum absolute atomic E-state index is 6.27. The second-order valence-electron chi connectivity index (χ2n) is 5.02. The molecule has 1 aromatic rings. The summed E-state index contributed by atoms with van der Waals surface area (Å²) in [5.41, 5.74) is 7.37. The number of nitrogens with two attached hydrogens (primary N) is 1. The second-order valence-corrected chi connectivity index (χ2v) is 5.87. The molecule has 0 radical (unpaired) electrons. The Kier molecular flexibility index (Phi) is 4.35. The molecular weight excluding hydrogens is 253 g/mol. The van der Waals surface area contributed by atoms with Crippen LogP contribution in [0.25, 0.3) is 0 Å². The van der Waals surface area contributed by atoms with Crippen LogP contribution in [0.2, 0.25) is 10.0 Å². The zero-order chi connectivity index (χ0) is 12.4.